The molecule has 0 bridgehead atoms. The van der Waals surface area contributed by atoms with E-state index in [-0.39, 0.29) is 0 Å². The van der Waals surface area contributed by atoms with E-state index in [4.69, 9.17) is 5.73 Å². The summed E-state index contributed by atoms with van der Waals surface area (Å²) < 4.78 is 3.86. The van der Waals surface area contributed by atoms with Crippen molar-refractivity contribution in [2.45, 2.75) is 47.6 Å². The quantitative estimate of drug-likeness (QED) is 0.905. The second-order valence-electron chi connectivity index (χ2n) is 4.75. The summed E-state index contributed by atoms with van der Waals surface area (Å²) in [5, 5.41) is 9.06. The number of aryl methyl sites for hydroxylation is 3. The van der Waals surface area contributed by atoms with Crippen molar-refractivity contribution in [1.29, 1.82) is 0 Å². The molecule has 0 saturated heterocycles. The predicted molar refractivity (Wildman–Crippen MR) is 73.0 cm³/mol. The van der Waals surface area contributed by atoms with Crippen LogP contribution in [0.4, 0.5) is 5.69 Å². The molecular weight excluding hydrogens is 226 g/mol. The van der Waals surface area contributed by atoms with Crippen molar-refractivity contribution in [3.8, 4) is 5.82 Å². The Kier molecular flexibility index (Phi) is 3.15. The van der Waals surface area contributed by atoms with Crippen LogP contribution in [0.3, 0.4) is 0 Å². The molecular formula is C13H21N5. The number of nitrogens with zero attached hydrogens (tertiary/aromatic N) is 4. The van der Waals surface area contributed by atoms with Crippen LogP contribution in [-0.4, -0.2) is 19.6 Å². The Morgan fingerprint density at radius 3 is 2.22 bits per heavy atom. The standard InChI is InChI=1S/C13H21N5/c1-6-7-17-13(12(14)10(4)15-17)18-11(5)8(2)9(3)16-18/h6-7,14H2,1-5H3. The number of nitrogen functional groups attached to an aromatic ring is 1. The average molecular weight is 247 g/mol. The number of anilines is 1. The highest BCUT2D eigenvalue weighted by Crippen LogP contribution is 2.24. The molecule has 0 aliphatic carbocycles. The highest BCUT2D eigenvalue weighted by Gasteiger charge is 2.18. The van der Waals surface area contributed by atoms with Crippen LogP contribution in [0, 0.1) is 27.7 Å². The third kappa shape index (κ3) is 1.79. The van der Waals surface area contributed by atoms with E-state index >= 15 is 0 Å². The molecule has 18 heavy (non-hydrogen) atoms. The van der Waals surface area contributed by atoms with Gasteiger partial charge in [-0.25, -0.2) is 9.36 Å². The van der Waals surface area contributed by atoms with Crippen molar-refractivity contribution in [1.82, 2.24) is 19.6 Å². The summed E-state index contributed by atoms with van der Waals surface area (Å²) in [5.41, 5.74) is 11.1. The van der Waals surface area contributed by atoms with E-state index in [1.54, 1.807) is 0 Å². The Morgan fingerprint density at radius 2 is 1.72 bits per heavy atom. The number of hydrogen-bond acceptors (Lipinski definition) is 3. The smallest absolute Gasteiger partial charge is 0.175 e. The molecule has 0 amide bonds. The maximum atomic E-state index is 6.15. The molecule has 0 aliphatic heterocycles. The van der Waals surface area contributed by atoms with Crippen LogP contribution in [0.5, 0.6) is 0 Å². The van der Waals surface area contributed by atoms with Crippen molar-refractivity contribution in [2.75, 3.05) is 5.73 Å². The van der Waals surface area contributed by atoms with E-state index in [1.165, 1.54) is 5.56 Å². The van der Waals surface area contributed by atoms with Crippen molar-refractivity contribution in [3.63, 3.8) is 0 Å². The van der Waals surface area contributed by atoms with Gasteiger partial charge in [-0.1, -0.05) is 6.92 Å². The van der Waals surface area contributed by atoms with Crippen molar-refractivity contribution in [2.24, 2.45) is 0 Å². The maximum absolute atomic E-state index is 6.15. The van der Waals surface area contributed by atoms with Gasteiger partial charge in [0.2, 0.25) is 0 Å². The highest BCUT2D eigenvalue weighted by atomic mass is 15.4. The molecule has 2 aromatic heterocycles. The van der Waals surface area contributed by atoms with Gasteiger partial charge in [-0.2, -0.15) is 10.2 Å². The van der Waals surface area contributed by atoms with E-state index in [9.17, 15) is 0 Å². The molecule has 0 spiro atoms. The minimum absolute atomic E-state index is 0.717. The van der Waals surface area contributed by atoms with Crippen LogP contribution in [0.15, 0.2) is 0 Å². The van der Waals surface area contributed by atoms with Crippen LogP contribution >= 0.6 is 0 Å². The second kappa shape index (κ2) is 4.48. The van der Waals surface area contributed by atoms with E-state index in [0.717, 1.165) is 35.9 Å². The first-order valence-electron chi connectivity index (χ1n) is 6.33. The molecule has 5 heteroatoms. The summed E-state index contributed by atoms with van der Waals surface area (Å²) >= 11 is 0. The topological polar surface area (TPSA) is 61.7 Å². The number of aromatic nitrogens is 4. The Labute approximate surface area is 108 Å². The van der Waals surface area contributed by atoms with Crippen molar-refractivity contribution >= 4 is 5.69 Å². The summed E-state index contributed by atoms with van der Waals surface area (Å²) in [6.07, 6.45) is 1.02. The summed E-state index contributed by atoms with van der Waals surface area (Å²) in [4.78, 5) is 0. The summed E-state index contributed by atoms with van der Waals surface area (Å²) in [5.74, 6) is 0.892. The lowest BCUT2D eigenvalue weighted by atomic mass is 10.2. The van der Waals surface area contributed by atoms with Crippen LogP contribution in [0.25, 0.3) is 5.82 Å². The Morgan fingerprint density at radius 1 is 1.06 bits per heavy atom. The van der Waals surface area contributed by atoms with E-state index in [2.05, 4.69) is 31.0 Å². The molecule has 2 N–H and O–H groups in total. The predicted octanol–water partition coefficient (Wildman–Crippen LogP) is 2.29. The molecule has 0 aliphatic rings. The van der Waals surface area contributed by atoms with Crippen LogP contribution in [0.1, 0.15) is 36.0 Å². The van der Waals surface area contributed by atoms with Gasteiger partial charge >= 0.3 is 0 Å². The molecule has 5 nitrogen and oxygen atoms in total. The third-order valence-corrected chi connectivity index (χ3v) is 3.44. The monoisotopic (exact) mass is 247 g/mol. The first-order valence-corrected chi connectivity index (χ1v) is 6.33. The van der Waals surface area contributed by atoms with E-state index < -0.39 is 0 Å². The average Bonchev–Trinajstić information content (AvgIpc) is 2.73. The molecule has 98 valence electrons. The summed E-state index contributed by atoms with van der Waals surface area (Å²) in [6, 6.07) is 0. The second-order valence-corrected chi connectivity index (χ2v) is 4.75. The SMILES string of the molecule is CCCn1nc(C)c(N)c1-n1nc(C)c(C)c1C. The Hall–Kier alpha value is -1.78. The van der Waals surface area contributed by atoms with Crippen LogP contribution < -0.4 is 5.73 Å². The largest absolute Gasteiger partial charge is 0.394 e. The zero-order valence-corrected chi connectivity index (χ0v) is 11.8. The molecule has 2 heterocycles. The maximum Gasteiger partial charge on any atom is 0.175 e. The van der Waals surface area contributed by atoms with Crippen LogP contribution in [0.2, 0.25) is 0 Å². The van der Waals surface area contributed by atoms with Gasteiger partial charge in [0, 0.05) is 12.2 Å². The lowest BCUT2D eigenvalue weighted by Gasteiger charge is -2.09. The fourth-order valence-electron chi connectivity index (χ4n) is 2.10. The van der Waals surface area contributed by atoms with Gasteiger partial charge in [0.25, 0.3) is 0 Å². The van der Waals surface area contributed by atoms with Gasteiger partial charge in [-0.05, 0) is 39.7 Å². The fraction of sp³-hybridized carbons (Fsp3) is 0.538. The lowest BCUT2D eigenvalue weighted by Crippen LogP contribution is -2.11. The summed E-state index contributed by atoms with van der Waals surface area (Å²) in [6.45, 7) is 11.1. The Balaban J connectivity index is 2.65. The minimum atomic E-state index is 0.717. The first kappa shape index (κ1) is 12.7. The normalized spacial score (nSPS) is 11.2. The van der Waals surface area contributed by atoms with Crippen molar-refractivity contribution in [3.05, 3.63) is 22.6 Å². The van der Waals surface area contributed by atoms with Gasteiger partial charge in [-0.15, -0.1) is 0 Å². The summed E-state index contributed by atoms with van der Waals surface area (Å²) in [7, 11) is 0. The van der Waals surface area contributed by atoms with Gasteiger partial charge in [0.15, 0.2) is 5.82 Å². The molecule has 0 atom stereocenters. The van der Waals surface area contributed by atoms with Gasteiger partial charge in [0.1, 0.15) is 0 Å². The van der Waals surface area contributed by atoms with Gasteiger partial charge in [0.05, 0.1) is 17.1 Å². The van der Waals surface area contributed by atoms with Gasteiger partial charge < -0.3 is 5.73 Å². The molecule has 0 radical (unpaired) electrons. The van der Waals surface area contributed by atoms with Crippen molar-refractivity contribution < 1.29 is 0 Å². The number of nitrogens with two attached hydrogens (primary N) is 1. The number of rotatable bonds is 3. The Bertz CT molecular complexity index is 577. The first-order chi connectivity index (χ1) is 8.47. The lowest BCUT2D eigenvalue weighted by molar-refractivity contribution is 0.571. The fourth-order valence-corrected chi connectivity index (χ4v) is 2.10. The third-order valence-electron chi connectivity index (χ3n) is 3.44. The zero-order chi connectivity index (χ0) is 13.4. The van der Waals surface area contributed by atoms with Gasteiger partial charge in [-0.3, -0.25) is 0 Å². The minimum Gasteiger partial charge on any atom is -0.394 e. The molecule has 0 saturated carbocycles. The molecule has 0 aromatic carbocycles. The van der Waals surface area contributed by atoms with E-state index in [1.807, 2.05) is 23.2 Å². The molecule has 0 unspecified atom stereocenters. The molecule has 0 fully saturated rings. The highest BCUT2D eigenvalue weighted by molar-refractivity contribution is 5.57. The van der Waals surface area contributed by atoms with E-state index in [0.29, 0.717) is 5.69 Å². The van der Waals surface area contributed by atoms with Crippen LogP contribution in [-0.2, 0) is 6.54 Å². The number of hydrogen-bond donors (Lipinski definition) is 1. The molecule has 2 rings (SSSR count). The zero-order valence-electron chi connectivity index (χ0n) is 11.8. The molecule has 2 aromatic rings.